The van der Waals surface area contributed by atoms with Gasteiger partial charge < -0.3 is 10.5 Å². The van der Waals surface area contributed by atoms with Gasteiger partial charge in [-0.15, -0.1) is 0 Å². The first kappa shape index (κ1) is 12.4. The van der Waals surface area contributed by atoms with Crippen LogP contribution in [0.1, 0.15) is 39.2 Å². The van der Waals surface area contributed by atoms with Crippen LogP contribution in [0.2, 0.25) is 0 Å². The highest BCUT2D eigenvalue weighted by Gasteiger charge is 2.28. The van der Waals surface area contributed by atoms with Crippen molar-refractivity contribution in [2.75, 3.05) is 0 Å². The van der Waals surface area contributed by atoms with Crippen molar-refractivity contribution in [3.63, 3.8) is 0 Å². The highest BCUT2D eigenvalue weighted by Crippen LogP contribution is 2.31. The Morgan fingerprint density at radius 1 is 1.35 bits per heavy atom. The third-order valence-electron chi connectivity index (χ3n) is 3.38. The molecular weight excluding hydrogens is 210 g/mol. The highest BCUT2D eigenvalue weighted by molar-refractivity contribution is 5.37. The summed E-state index contributed by atoms with van der Waals surface area (Å²) in [6, 6.07) is 8.38. The number of hydrogen-bond acceptors (Lipinski definition) is 2. The number of hydrogen-bond donors (Lipinski definition) is 1. The van der Waals surface area contributed by atoms with Crippen LogP contribution in [0.5, 0.6) is 5.75 Å². The Hall–Kier alpha value is -1.02. The van der Waals surface area contributed by atoms with Gasteiger partial charge in [-0.3, -0.25) is 0 Å². The molecule has 0 saturated heterocycles. The zero-order valence-electron chi connectivity index (χ0n) is 11.1. The summed E-state index contributed by atoms with van der Waals surface area (Å²) in [5.74, 6) is 1.02. The number of benzene rings is 1. The molecule has 0 amide bonds. The molecule has 17 heavy (non-hydrogen) atoms. The summed E-state index contributed by atoms with van der Waals surface area (Å²) in [6.07, 6.45) is 3.29. The number of ether oxygens (including phenoxy) is 1. The van der Waals surface area contributed by atoms with Gasteiger partial charge in [0.2, 0.25) is 0 Å². The summed E-state index contributed by atoms with van der Waals surface area (Å²) in [4.78, 5) is 0. The van der Waals surface area contributed by atoms with Crippen LogP contribution < -0.4 is 10.5 Å². The minimum Gasteiger partial charge on any atom is -0.488 e. The van der Waals surface area contributed by atoms with Crippen LogP contribution in [0.15, 0.2) is 24.3 Å². The van der Waals surface area contributed by atoms with Crippen LogP contribution in [0.3, 0.4) is 0 Å². The normalized spacial score (nSPS) is 20.8. The van der Waals surface area contributed by atoms with Crippen molar-refractivity contribution >= 4 is 0 Å². The van der Waals surface area contributed by atoms with E-state index in [1.807, 2.05) is 12.1 Å². The minimum atomic E-state index is 0.140. The molecule has 0 aliphatic carbocycles. The van der Waals surface area contributed by atoms with E-state index < -0.39 is 0 Å². The lowest BCUT2D eigenvalue weighted by atomic mass is 9.87. The van der Waals surface area contributed by atoms with Gasteiger partial charge in [0.25, 0.3) is 0 Å². The van der Waals surface area contributed by atoms with E-state index in [4.69, 9.17) is 10.5 Å². The van der Waals surface area contributed by atoms with Crippen molar-refractivity contribution in [3.05, 3.63) is 29.8 Å². The van der Waals surface area contributed by atoms with Crippen molar-refractivity contribution in [1.82, 2.24) is 0 Å². The molecule has 0 aromatic heterocycles. The predicted molar refractivity (Wildman–Crippen MR) is 71.2 cm³/mol. The van der Waals surface area contributed by atoms with Gasteiger partial charge >= 0.3 is 0 Å². The second-order valence-electron chi connectivity index (χ2n) is 6.23. The summed E-state index contributed by atoms with van der Waals surface area (Å²) in [5, 5.41) is 0. The number of rotatable bonds is 3. The topological polar surface area (TPSA) is 35.2 Å². The molecule has 2 unspecified atom stereocenters. The maximum absolute atomic E-state index is 6.24. The summed E-state index contributed by atoms with van der Waals surface area (Å²) in [6.45, 7) is 6.76. The SMILES string of the molecule is CC(C)(C)CCC(N)C1Cc2ccccc2O1. The molecule has 0 bridgehead atoms. The first-order chi connectivity index (χ1) is 7.96. The molecule has 0 saturated carbocycles. The molecule has 2 heteroatoms. The maximum atomic E-state index is 6.24. The average Bonchev–Trinajstić information content (AvgIpc) is 2.68. The Balaban J connectivity index is 1.90. The number of para-hydroxylation sites is 1. The van der Waals surface area contributed by atoms with Gasteiger partial charge in [0.1, 0.15) is 11.9 Å². The van der Waals surface area contributed by atoms with Gasteiger partial charge in [-0.2, -0.15) is 0 Å². The second-order valence-corrected chi connectivity index (χ2v) is 6.23. The minimum absolute atomic E-state index is 0.140. The lowest BCUT2D eigenvalue weighted by Gasteiger charge is -2.24. The number of nitrogens with two attached hydrogens (primary N) is 1. The van der Waals surface area contributed by atoms with E-state index in [2.05, 4.69) is 32.9 Å². The van der Waals surface area contributed by atoms with Crippen LogP contribution in [-0.2, 0) is 6.42 Å². The van der Waals surface area contributed by atoms with Gasteiger partial charge in [-0.25, -0.2) is 0 Å². The quantitative estimate of drug-likeness (QED) is 0.870. The summed E-state index contributed by atoms with van der Waals surface area (Å²) in [5.41, 5.74) is 7.89. The first-order valence-corrected chi connectivity index (χ1v) is 6.46. The largest absolute Gasteiger partial charge is 0.488 e. The zero-order chi connectivity index (χ0) is 12.5. The van der Waals surface area contributed by atoms with Crippen molar-refractivity contribution in [2.24, 2.45) is 11.1 Å². The van der Waals surface area contributed by atoms with Crippen LogP contribution in [0.25, 0.3) is 0 Å². The summed E-state index contributed by atoms with van der Waals surface area (Å²) in [7, 11) is 0. The maximum Gasteiger partial charge on any atom is 0.123 e. The highest BCUT2D eigenvalue weighted by atomic mass is 16.5. The molecule has 2 nitrogen and oxygen atoms in total. The van der Waals surface area contributed by atoms with Crippen molar-refractivity contribution in [3.8, 4) is 5.75 Å². The van der Waals surface area contributed by atoms with Gasteiger partial charge in [0.05, 0.1) is 0 Å². The predicted octanol–water partition coefficient (Wildman–Crippen LogP) is 3.14. The van der Waals surface area contributed by atoms with Crippen LogP contribution >= 0.6 is 0 Å². The fourth-order valence-electron chi connectivity index (χ4n) is 2.23. The molecule has 2 rings (SSSR count). The molecule has 1 aromatic carbocycles. The molecular formula is C15H23NO. The molecule has 1 aromatic rings. The lowest BCUT2D eigenvalue weighted by Crippen LogP contribution is -2.38. The van der Waals surface area contributed by atoms with Crippen molar-refractivity contribution in [1.29, 1.82) is 0 Å². The van der Waals surface area contributed by atoms with E-state index in [0.29, 0.717) is 5.41 Å². The van der Waals surface area contributed by atoms with E-state index >= 15 is 0 Å². The van der Waals surface area contributed by atoms with Crippen LogP contribution in [0.4, 0.5) is 0 Å². The van der Waals surface area contributed by atoms with Crippen molar-refractivity contribution in [2.45, 2.75) is 52.2 Å². The van der Waals surface area contributed by atoms with Crippen LogP contribution in [0, 0.1) is 5.41 Å². The average molecular weight is 233 g/mol. The summed E-state index contributed by atoms with van der Waals surface area (Å²) < 4.78 is 5.91. The molecule has 0 fully saturated rings. The Morgan fingerprint density at radius 3 is 2.71 bits per heavy atom. The smallest absolute Gasteiger partial charge is 0.123 e. The second kappa shape index (κ2) is 4.69. The van der Waals surface area contributed by atoms with E-state index in [1.54, 1.807) is 0 Å². The fraction of sp³-hybridized carbons (Fsp3) is 0.600. The third kappa shape index (κ3) is 3.22. The van der Waals surface area contributed by atoms with E-state index in [9.17, 15) is 0 Å². The molecule has 0 spiro atoms. The Labute approximate surface area is 104 Å². The molecule has 0 radical (unpaired) electrons. The molecule has 1 aliphatic rings. The molecule has 94 valence electrons. The lowest BCUT2D eigenvalue weighted by molar-refractivity contribution is 0.182. The van der Waals surface area contributed by atoms with Crippen molar-refractivity contribution < 1.29 is 4.74 Å². The number of fused-ring (bicyclic) bond motifs is 1. The zero-order valence-corrected chi connectivity index (χ0v) is 11.1. The summed E-state index contributed by atoms with van der Waals surface area (Å²) >= 11 is 0. The monoisotopic (exact) mass is 233 g/mol. The molecule has 2 N–H and O–H groups in total. The third-order valence-corrected chi connectivity index (χ3v) is 3.38. The van der Waals surface area contributed by atoms with E-state index in [1.165, 1.54) is 5.56 Å². The Bertz CT molecular complexity index is 356. The standard InChI is InChI=1S/C15H23NO/c1-15(2,3)9-8-12(16)14-10-11-6-4-5-7-13(11)17-14/h4-7,12,14H,8-10,16H2,1-3H3. The first-order valence-electron chi connectivity index (χ1n) is 6.46. The Kier molecular flexibility index (Phi) is 3.43. The van der Waals surface area contributed by atoms with E-state index in [-0.39, 0.29) is 12.1 Å². The van der Waals surface area contributed by atoms with E-state index in [0.717, 1.165) is 25.0 Å². The fourth-order valence-corrected chi connectivity index (χ4v) is 2.23. The molecule has 1 aliphatic heterocycles. The molecule has 1 heterocycles. The van der Waals surface area contributed by atoms with Gasteiger partial charge in [0.15, 0.2) is 0 Å². The Morgan fingerprint density at radius 2 is 2.06 bits per heavy atom. The van der Waals surface area contributed by atoms with Gasteiger partial charge in [-0.05, 0) is 29.9 Å². The van der Waals surface area contributed by atoms with Crippen LogP contribution in [-0.4, -0.2) is 12.1 Å². The molecule has 2 atom stereocenters. The van der Waals surface area contributed by atoms with Gasteiger partial charge in [-0.1, -0.05) is 39.0 Å². The van der Waals surface area contributed by atoms with Gasteiger partial charge in [0, 0.05) is 12.5 Å².